The molecule has 1 aromatic carbocycles. The Hall–Kier alpha value is -1.96. The fourth-order valence-corrected chi connectivity index (χ4v) is 4.17. The minimum absolute atomic E-state index is 0.0161. The molecule has 1 fully saturated rings. The highest BCUT2D eigenvalue weighted by Crippen LogP contribution is 2.27. The van der Waals surface area contributed by atoms with Crippen LogP contribution in [-0.2, 0) is 14.6 Å². The van der Waals surface area contributed by atoms with Crippen LogP contribution in [0.5, 0.6) is 17.2 Å². The van der Waals surface area contributed by atoms with Gasteiger partial charge in [-0.05, 0) is 6.42 Å². The number of ether oxygens (including phenoxy) is 3. The van der Waals surface area contributed by atoms with Crippen LogP contribution in [0, 0.1) is 0 Å². The number of amides is 1. The van der Waals surface area contributed by atoms with Gasteiger partial charge in [0, 0.05) is 31.3 Å². The first-order valence-electron chi connectivity index (χ1n) is 7.16. The third-order valence-electron chi connectivity index (χ3n) is 3.84. The molecule has 0 aromatic heterocycles. The van der Waals surface area contributed by atoms with Gasteiger partial charge in [-0.15, -0.1) is 0 Å². The maximum absolute atomic E-state index is 12.2. The highest BCUT2D eigenvalue weighted by Gasteiger charge is 2.32. The van der Waals surface area contributed by atoms with E-state index in [0.717, 1.165) is 0 Å². The largest absolute Gasteiger partial charge is 0.496 e. The molecule has 1 aliphatic heterocycles. The Morgan fingerprint density at radius 1 is 1.17 bits per heavy atom. The number of sulfone groups is 1. The van der Waals surface area contributed by atoms with Crippen molar-refractivity contribution < 1.29 is 27.4 Å². The molecule has 1 aromatic rings. The van der Waals surface area contributed by atoms with Crippen molar-refractivity contribution in [1.82, 2.24) is 4.90 Å². The lowest BCUT2D eigenvalue weighted by Gasteiger charge is -2.23. The van der Waals surface area contributed by atoms with E-state index in [1.165, 1.54) is 19.1 Å². The molecule has 1 amide bonds. The van der Waals surface area contributed by atoms with Crippen LogP contribution in [0.25, 0.3) is 0 Å². The van der Waals surface area contributed by atoms with Gasteiger partial charge in [0.15, 0.2) is 16.4 Å². The summed E-state index contributed by atoms with van der Waals surface area (Å²) in [5.74, 6) is 1.44. The summed E-state index contributed by atoms with van der Waals surface area (Å²) in [6, 6.07) is 4.71. The second-order valence-electron chi connectivity index (χ2n) is 5.40. The lowest BCUT2D eigenvalue weighted by Crippen LogP contribution is -2.40. The number of nitrogens with zero attached hydrogens (tertiary/aromatic N) is 1. The monoisotopic (exact) mass is 343 g/mol. The average Bonchev–Trinajstić information content (AvgIpc) is 2.91. The normalized spacial score (nSPS) is 19.2. The van der Waals surface area contributed by atoms with Crippen molar-refractivity contribution in [3.63, 3.8) is 0 Å². The molecule has 0 saturated carbocycles. The van der Waals surface area contributed by atoms with E-state index in [-0.39, 0.29) is 30.1 Å². The first kappa shape index (κ1) is 17.4. The zero-order valence-corrected chi connectivity index (χ0v) is 14.3. The minimum Gasteiger partial charge on any atom is -0.496 e. The van der Waals surface area contributed by atoms with E-state index < -0.39 is 9.84 Å². The standard InChI is InChI=1S/C15H21NO6S/c1-16(11-4-5-23(18,19)10-11)15(17)9-22-14-7-12(20-2)6-13(8-14)21-3/h6-8,11H,4-5,9-10H2,1-3H3/t11-/m0/s1. The fraction of sp³-hybridized carbons (Fsp3) is 0.533. The summed E-state index contributed by atoms with van der Waals surface area (Å²) in [5, 5.41) is 0. The highest BCUT2D eigenvalue weighted by atomic mass is 32.2. The van der Waals surface area contributed by atoms with Gasteiger partial charge in [0.2, 0.25) is 0 Å². The van der Waals surface area contributed by atoms with Crippen molar-refractivity contribution in [3.05, 3.63) is 18.2 Å². The minimum atomic E-state index is -3.03. The molecular formula is C15H21NO6S. The van der Waals surface area contributed by atoms with Gasteiger partial charge in [-0.25, -0.2) is 8.42 Å². The van der Waals surface area contributed by atoms with Gasteiger partial charge in [-0.1, -0.05) is 0 Å². The number of benzene rings is 1. The third kappa shape index (κ3) is 4.51. The molecule has 0 unspecified atom stereocenters. The van der Waals surface area contributed by atoms with Gasteiger partial charge in [-0.2, -0.15) is 0 Å². The summed E-state index contributed by atoms with van der Waals surface area (Å²) >= 11 is 0. The number of carbonyl (C=O) groups is 1. The summed E-state index contributed by atoms with van der Waals surface area (Å²) in [5.41, 5.74) is 0. The summed E-state index contributed by atoms with van der Waals surface area (Å²) in [4.78, 5) is 13.6. The first-order valence-corrected chi connectivity index (χ1v) is 8.98. The number of rotatable bonds is 6. The highest BCUT2D eigenvalue weighted by molar-refractivity contribution is 7.91. The molecule has 0 radical (unpaired) electrons. The Labute approximate surface area is 136 Å². The Balaban J connectivity index is 1.96. The molecule has 8 heteroatoms. The zero-order chi connectivity index (χ0) is 17.0. The van der Waals surface area contributed by atoms with Gasteiger partial charge >= 0.3 is 0 Å². The third-order valence-corrected chi connectivity index (χ3v) is 5.59. The first-order chi connectivity index (χ1) is 10.8. The smallest absolute Gasteiger partial charge is 0.260 e. The van der Waals surface area contributed by atoms with Crippen molar-refractivity contribution in [2.75, 3.05) is 39.4 Å². The maximum Gasteiger partial charge on any atom is 0.260 e. The van der Waals surface area contributed by atoms with Crippen LogP contribution in [0.4, 0.5) is 0 Å². The molecule has 1 saturated heterocycles. The number of likely N-dealkylation sites (N-methyl/N-ethyl adjacent to an activating group) is 1. The quantitative estimate of drug-likeness (QED) is 0.757. The van der Waals surface area contributed by atoms with E-state index in [9.17, 15) is 13.2 Å². The number of methoxy groups -OCH3 is 2. The van der Waals surface area contributed by atoms with Gasteiger partial charge in [0.25, 0.3) is 5.91 Å². The molecular weight excluding hydrogens is 322 g/mol. The summed E-state index contributed by atoms with van der Waals surface area (Å²) in [7, 11) is 1.63. The lowest BCUT2D eigenvalue weighted by molar-refractivity contribution is -0.133. The van der Waals surface area contributed by atoms with Crippen LogP contribution in [0.1, 0.15) is 6.42 Å². The molecule has 7 nitrogen and oxygen atoms in total. The van der Waals surface area contributed by atoms with Crippen LogP contribution in [0.3, 0.4) is 0 Å². The molecule has 1 aliphatic rings. The molecule has 0 aliphatic carbocycles. The number of hydrogen-bond donors (Lipinski definition) is 0. The van der Waals surface area contributed by atoms with E-state index in [1.807, 2.05) is 0 Å². The van der Waals surface area contributed by atoms with Gasteiger partial charge < -0.3 is 19.1 Å². The molecule has 0 N–H and O–H groups in total. The van der Waals surface area contributed by atoms with Crippen molar-refractivity contribution in [3.8, 4) is 17.2 Å². The van der Waals surface area contributed by atoms with Crippen molar-refractivity contribution >= 4 is 15.7 Å². The van der Waals surface area contributed by atoms with Gasteiger partial charge in [0.05, 0.1) is 25.7 Å². The molecule has 128 valence electrons. The van der Waals surface area contributed by atoms with E-state index in [4.69, 9.17) is 14.2 Å². The predicted molar refractivity (Wildman–Crippen MR) is 84.9 cm³/mol. The maximum atomic E-state index is 12.2. The van der Waals surface area contributed by atoms with Crippen molar-refractivity contribution in [1.29, 1.82) is 0 Å². The molecule has 0 bridgehead atoms. The van der Waals surface area contributed by atoms with Crippen LogP contribution >= 0.6 is 0 Å². The topological polar surface area (TPSA) is 82.1 Å². The fourth-order valence-electron chi connectivity index (χ4n) is 2.40. The summed E-state index contributed by atoms with van der Waals surface area (Å²) in [6.45, 7) is -0.177. The van der Waals surface area contributed by atoms with E-state index in [0.29, 0.717) is 23.7 Å². The van der Waals surface area contributed by atoms with Crippen LogP contribution in [0.15, 0.2) is 18.2 Å². The predicted octanol–water partition coefficient (Wildman–Crippen LogP) is 0.728. The van der Waals surface area contributed by atoms with Gasteiger partial charge in [0.1, 0.15) is 17.2 Å². The second-order valence-corrected chi connectivity index (χ2v) is 7.63. The Bertz CT molecular complexity index is 650. The Morgan fingerprint density at radius 2 is 1.74 bits per heavy atom. The summed E-state index contributed by atoms with van der Waals surface area (Å²) in [6.07, 6.45) is 0.470. The summed E-state index contributed by atoms with van der Waals surface area (Å²) < 4.78 is 38.7. The van der Waals surface area contributed by atoms with E-state index in [2.05, 4.69) is 0 Å². The lowest BCUT2D eigenvalue weighted by atomic mass is 10.2. The van der Waals surface area contributed by atoms with Crippen LogP contribution < -0.4 is 14.2 Å². The Kier molecular flexibility index (Phi) is 5.35. The Morgan fingerprint density at radius 3 is 2.22 bits per heavy atom. The van der Waals surface area contributed by atoms with Gasteiger partial charge in [-0.3, -0.25) is 4.79 Å². The average molecular weight is 343 g/mol. The zero-order valence-electron chi connectivity index (χ0n) is 13.4. The molecule has 2 rings (SSSR count). The van der Waals surface area contributed by atoms with Crippen molar-refractivity contribution in [2.24, 2.45) is 0 Å². The number of hydrogen-bond acceptors (Lipinski definition) is 6. The molecule has 1 atom stereocenters. The van der Waals surface area contributed by atoms with E-state index in [1.54, 1.807) is 25.2 Å². The van der Waals surface area contributed by atoms with E-state index >= 15 is 0 Å². The number of carbonyl (C=O) groups excluding carboxylic acids is 1. The molecule has 23 heavy (non-hydrogen) atoms. The second kappa shape index (κ2) is 7.08. The SMILES string of the molecule is COc1cc(OC)cc(OCC(=O)N(C)[C@H]2CCS(=O)(=O)C2)c1. The molecule has 0 spiro atoms. The van der Waals surface area contributed by atoms with Crippen LogP contribution in [0.2, 0.25) is 0 Å². The van der Waals surface area contributed by atoms with Crippen molar-refractivity contribution in [2.45, 2.75) is 12.5 Å². The molecule has 1 heterocycles. The van der Waals surface area contributed by atoms with Crippen LogP contribution in [-0.4, -0.2) is 64.6 Å².